The lowest BCUT2D eigenvalue weighted by Crippen LogP contribution is -2.39. The fourth-order valence-electron chi connectivity index (χ4n) is 4.99. The van der Waals surface area contributed by atoms with Crippen LogP contribution in [0, 0.1) is 0 Å². The first-order valence-electron chi connectivity index (χ1n) is 13.2. The molecule has 0 radical (unpaired) electrons. The van der Waals surface area contributed by atoms with Crippen molar-refractivity contribution in [3.8, 4) is 5.88 Å². The minimum absolute atomic E-state index is 0.0708. The van der Waals surface area contributed by atoms with Gasteiger partial charge in [-0.25, -0.2) is 19.7 Å². The summed E-state index contributed by atoms with van der Waals surface area (Å²) in [7, 11) is 0. The lowest BCUT2D eigenvalue weighted by atomic mass is 10.1. The highest BCUT2D eigenvalue weighted by atomic mass is 35.5. The number of hydrogen-bond donors (Lipinski definition) is 1. The first kappa shape index (κ1) is 25.7. The Morgan fingerprint density at radius 1 is 1.10 bits per heavy atom. The van der Waals surface area contributed by atoms with Crippen molar-refractivity contribution < 1.29 is 19.4 Å². The van der Waals surface area contributed by atoms with E-state index in [9.17, 15) is 9.90 Å². The van der Waals surface area contributed by atoms with Gasteiger partial charge < -0.3 is 19.1 Å². The number of aromatic carboxylic acids is 1. The van der Waals surface area contributed by atoms with E-state index in [1.165, 1.54) is 6.20 Å². The van der Waals surface area contributed by atoms with Crippen LogP contribution in [0.4, 0.5) is 0 Å². The first-order chi connectivity index (χ1) is 19.0. The number of pyridine rings is 1. The molecule has 2 fully saturated rings. The quantitative estimate of drug-likeness (QED) is 0.331. The molecule has 1 aromatic carbocycles. The lowest BCUT2D eigenvalue weighted by Gasteiger charge is -2.32. The van der Waals surface area contributed by atoms with Gasteiger partial charge in [0, 0.05) is 49.6 Å². The molecule has 2 saturated heterocycles. The highest BCUT2D eigenvalue weighted by Crippen LogP contribution is 2.24. The van der Waals surface area contributed by atoms with Crippen molar-refractivity contribution in [3.05, 3.63) is 76.6 Å². The molecular formula is C28H29ClN6O4. The SMILES string of the molecule is O=C(O)c1cnc2c(c1)nc(CN1CCC(Oc3ccnc(Cc4ccc(Cl)cc4)n3)CC1)n2C[C@@H]1CCO1. The van der Waals surface area contributed by atoms with Gasteiger partial charge in [-0.1, -0.05) is 23.7 Å². The van der Waals surface area contributed by atoms with Crippen LogP contribution >= 0.6 is 11.6 Å². The Morgan fingerprint density at radius 3 is 2.62 bits per heavy atom. The fraction of sp³-hybridized carbons (Fsp3) is 0.393. The van der Waals surface area contributed by atoms with Crippen LogP contribution in [0.25, 0.3) is 11.2 Å². The lowest BCUT2D eigenvalue weighted by molar-refractivity contribution is -0.0593. The molecular weight excluding hydrogens is 520 g/mol. The van der Waals surface area contributed by atoms with Crippen molar-refractivity contribution in [2.24, 2.45) is 0 Å². The van der Waals surface area contributed by atoms with Crippen LogP contribution in [0.3, 0.4) is 0 Å². The summed E-state index contributed by atoms with van der Waals surface area (Å²) in [6.45, 7) is 3.79. The van der Waals surface area contributed by atoms with Crippen molar-refractivity contribution in [1.29, 1.82) is 0 Å². The molecule has 3 aromatic heterocycles. The molecule has 2 aliphatic heterocycles. The Hall–Kier alpha value is -3.60. The maximum Gasteiger partial charge on any atom is 0.337 e. The zero-order valence-corrected chi connectivity index (χ0v) is 22.1. The summed E-state index contributed by atoms with van der Waals surface area (Å²) in [5.74, 6) is 1.17. The smallest absolute Gasteiger partial charge is 0.337 e. The topological polar surface area (TPSA) is 115 Å². The van der Waals surface area contributed by atoms with Gasteiger partial charge in [-0.15, -0.1) is 0 Å². The Labute approximate surface area is 230 Å². The predicted octanol–water partition coefficient (Wildman–Crippen LogP) is 4.00. The van der Waals surface area contributed by atoms with E-state index in [1.807, 2.05) is 24.3 Å². The van der Waals surface area contributed by atoms with Crippen LogP contribution in [0.2, 0.25) is 5.02 Å². The Balaban J connectivity index is 1.09. The molecule has 10 nitrogen and oxygen atoms in total. The van der Waals surface area contributed by atoms with Gasteiger partial charge in [0.2, 0.25) is 5.88 Å². The molecule has 202 valence electrons. The number of imidazole rings is 1. The van der Waals surface area contributed by atoms with Crippen LogP contribution in [-0.2, 0) is 24.2 Å². The van der Waals surface area contributed by atoms with E-state index in [4.69, 9.17) is 26.1 Å². The zero-order chi connectivity index (χ0) is 26.8. The number of benzene rings is 1. The van der Waals surface area contributed by atoms with E-state index < -0.39 is 5.97 Å². The minimum Gasteiger partial charge on any atom is -0.478 e. The van der Waals surface area contributed by atoms with E-state index in [1.54, 1.807) is 18.3 Å². The van der Waals surface area contributed by atoms with Gasteiger partial charge in [0.05, 0.1) is 24.8 Å². The second-order valence-corrected chi connectivity index (χ2v) is 10.4. The molecule has 0 spiro atoms. The number of likely N-dealkylation sites (tertiary alicyclic amines) is 1. The van der Waals surface area contributed by atoms with Crippen LogP contribution in [0.5, 0.6) is 5.88 Å². The molecule has 11 heteroatoms. The maximum absolute atomic E-state index is 11.4. The van der Waals surface area contributed by atoms with Gasteiger partial charge in [0.1, 0.15) is 23.3 Å². The third-order valence-corrected chi connectivity index (χ3v) is 7.48. The average molecular weight is 549 g/mol. The molecule has 0 unspecified atom stereocenters. The molecule has 4 aromatic rings. The maximum atomic E-state index is 11.4. The monoisotopic (exact) mass is 548 g/mol. The molecule has 0 aliphatic carbocycles. The summed E-state index contributed by atoms with van der Waals surface area (Å²) in [6, 6.07) is 11.1. The summed E-state index contributed by atoms with van der Waals surface area (Å²) in [6.07, 6.45) is 6.68. The van der Waals surface area contributed by atoms with Crippen LogP contribution in [-0.4, -0.2) is 72.4 Å². The molecule has 0 bridgehead atoms. The van der Waals surface area contributed by atoms with Crippen LogP contribution in [0.15, 0.2) is 48.8 Å². The van der Waals surface area contributed by atoms with Crippen molar-refractivity contribution >= 4 is 28.7 Å². The van der Waals surface area contributed by atoms with Crippen LogP contribution in [0.1, 0.15) is 46.8 Å². The van der Waals surface area contributed by atoms with E-state index in [-0.39, 0.29) is 17.8 Å². The zero-order valence-electron chi connectivity index (χ0n) is 21.4. The molecule has 1 atom stereocenters. The molecule has 5 heterocycles. The Morgan fingerprint density at radius 2 is 1.90 bits per heavy atom. The number of aromatic nitrogens is 5. The Kier molecular flexibility index (Phi) is 7.40. The van der Waals surface area contributed by atoms with E-state index in [2.05, 4.69) is 24.4 Å². The first-order valence-corrected chi connectivity index (χ1v) is 13.5. The highest BCUT2D eigenvalue weighted by molar-refractivity contribution is 6.30. The summed E-state index contributed by atoms with van der Waals surface area (Å²) in [5, 5.41) is 10.1. The van der Waals surface area contributed by atoms with Crippen LogP contribution < -0.4 is 4.74 Å². The third-order valence-electron chi connectivity index (χ3n) is 7.23. The van der Waals surface area contributed by atoms with E-state index >= 15 is 0 Å². The summed E-state index contributed by atoms with van der Waals surface area (Å²) < 4.78 is 14.0. The minimum atomic E-state index is -1.01. The van der Waals surface area contributed by atoms with Gasteiger partial charge in [0.15, 0.2) is 5.65 Å². The number of halogens is 1. The molecule has 6 rings (SSSR count). The van der Waals surface area contributed by atoms with E-state index in [0.717, 1.165) is 50.3 Å². The van der Waals surface area contributed by atoms with Gasteiger partial charge >= 0.3 is 5.97 Å². The Bertz CT molecular complexity index is 1460. The van der Waals surface area contributed by atoms with Crippen molar-refractivity contribution in [3.63, 3.8) is 0 Å². The second kappa shape index (κ2) is 11.3. The summed E-state index contributed by atoms with van der Waals surface area (Å²) >= 11 is 5.99. The number of ether oxygens (including phenoxy) is 2. The number of rotatable bonds is 9. The number of fused-ring (bicyclic) bond motifs is 1. The number of nitrogens with zero attached hydrogens (tertiary/aromatic N) is 6. The summed E-state index contributed by atoms with van der Waals surface area (Å²) in [4.78, 5) is 32.0. The third kappa shape index (κ3) is 6.03. The number of piperidine rings is 1. The van der Waals surface area contributed by atoms with Gasteiger partial charge in [-0.2, -0.15) is 4.98 Å². The number of carbonyl (C=O) groups is 1. The average Bonchev–Trinajstić information content (AvgIpc) is 3.24. The van der Waals surface area contributed by atoms with Crippen molar-refractivity contribution in [2.45, 2.75) is 51.0 Å². The molecule has 0 saturated carbocycles. The fourth-order valence-corrected chi connectivity index (χ4v) is 5.12. The summed E-state index contributed by atoms with van der Waals surface area (Å²) in [5.41, 5.74) is 2.52. The number of carboxylic acids is 1. The normalized spacial score (nSPS) is 18.2. The van der Waals surface area contributed by atoms with Gasteiger partial charge in [0.25, 0.3) is 0 Å². The van der Waals surface area contributed by atoms with E-state index in [0.29, 0.717) is 47.4 Å². The number of hydrogen-bond acceptors (Lipinski definition) is 8. The van der Waals surface area contributed by atoms with Gasteiger partial charge in [-0.05, 0) is 43.0 Å². The van der Waals surface area contributed by atoms with Crippen molar-refractivity contribution in [1.82, 2.24) is 29.4 Å². The van der Waals surface area contributed by atoms with Gasteiger partial charge in [-0.3, -0.25) is 4.90 Å². The standard InChI is InChI=1S/C28H29ClN6O4/c29-20-3-1-18(2-4-20)13-24-30-9-5-26(33-24)39-21-6-10-34(11-7-21)17-25-32-23-14-19(28(36)37)15-31-27(23)35(25)16-22-8-12-38-22/h1-5,9,14-15,21-22H,6-8,10-13,16-17H2,(H,36,37)/t22-/m0/s1. The predicted molar refractivity (Wildman–Crippen MR) is 144 cm³/mol. The molecule has 39 heavy (non-hydrogen) atoms. The molecule has 0 amide bonds. The number of carboxylic acid groups (broad SMARTS) is 1. The highest BCUT2D eigenvalue weighted by Gasteiger charge is 2.26. The molecule has 2 aliphatic rings. The largest absolute Gasteiger partial charge is 0.478 e. The molecule has 1 N–H and O–H groups in total. The van der Waals surface area contributed by atoms with Crippen molar-refractivity contribution in [2.75, 3.05) is 19.7 Å². The second-order valence-electron chi connectivity index (χ2n) is 10.00.